The Balaban J connectivity index is 2.34. The van der Waals surface area contributed by atoms with Crippen molar-refractivity contribution in [2.75, 3.05) is 11.8 Å². The second-order valence-electron chi connectivity index (χ2n) is 3.51. The van der Waals surface area contributed by atoms with Crippen molar-refractivity contribution in [1.29, 1.82) is 0 Å². The summed E-state index contributed by atoms with van der Waals surface area (Å²) in [6, 6.07) is 6.69. The number of nitrogens with one attached hydrogen (secondary N) is 1. The number of benzene rings is 1. The van der Waals surface area contributed by atoms with E-state index in [1.54, 1.807) is 29.6 Å². The molecule has 0 atom stereocenters. The average molecular weight is 427 g/mol. The second kappa shape index (κ2) is 5.82. The van der Waals surface area contributed by atoms with Crippen molar-refractivity contribution in [3.63, 3.8) is 0 Å². The van der Waals surface area contributed by atoms with Crippen molar-refractivity contribution in [3.8, 4) is 5.75 Å². The van der Waals surface area contributed by atoms with Gasteiger partial charge in [-0.2, -0.15) is 0 Å². The van der Waals surface area contributed by atoms with Crippen LogP contribution in [-0.4, -0.2) is 15.5 Å². The van der Waals surface area contributed by atoms with Crippen LogP contribution in [-0.2, 0) is 10.0 Å². The van der Waals surface area contributed by atoms with Gasteiger partial charge in [-0.15, -0.1) is 11.3 Å². The van der Waals surface area contributed by atoms with E-state index >= 15 is 0 Å². The lowest BCUT2D eigenvalue weighted by Gasteiger charge is -2.09. The largest absolute Gasteiger partial charge is 0.495 e. The summed E-state index contributed by atoms with van der Waals surface area (Å²) in [5.74, 6) is 0.561. The number of hydrogen-bond acceptors (Lipinski definition) is 4. The summed E-state index contributed by atoms with van der Waals surface area (Å²) in [7, 11) is -2.07. The summed E-state index contributed by atoms with van der Waals surface area (Å²) in [6.45, 7) is 0. The third kappa shape index (κ3) is 3.31. The Labute approximate surface area is 132 Å². The molecule has 0 aliphatic heterocycles. The number of hydrogen-bond donors (Lipinski definition) is 1. The maximum absolute atomic E-state index is 12.2. The minimum Gasteiger partial charge on any atom is -0.495 e. The highest BCUT2D eigenvalue weighted by Crippen LogP contribution is 2.32. The monoisotopic (exact) mass is 425 g/mol. The Kier molecular flexibility index (Phi) is 4.54. The van der Waals surface area contributed by atoms with E-state index in [1.165, 1.54) is 7.11 Å². The van der Waals surface area contributed by atoms with Crippen LogP contribution in [0.1, 0.15) is 0 Å². The second-order valence-corrected chi connectivity index (χ2v) is 8.01. The van der Waals surface area contributed by atoms with E-state index in [0.29, 0.717) is 15.9 Å². The van der Waals surface area contributed by atoms with Crippen LogP contribution in [0.4, 0.5) is 5.69 Å². The molecular formula is C11H9Br2NO3S2. The number of sulfonamides is 1. The molecule has 1 heterocycles. The van der Waals surface area contributed by atoms with E-state index < -0.39 is 10.0 Å². The standard InChI is InChI=1S/C11H9Br2NO3S2/c1-17-10-6-7(2-3-8(10)12)14-19(15,16)11-9(13)4-5-18-11/h2-6,14H,1H3. The van der Waals surface area contributed by atoms with Gasteiger partial charge in [-0.25, -0.2) is 8.42 Å². The van der Waals surface area contributed by atoms with Crippen molar-refractivity contribution in [1.82, 2.24) is 0 Å². The first kappa shape index (κ1) is 14.8. The molecule has 1 aromatic carbocycles. The molecule has 0 saturated heterocycles. The minimum absolute atomic E-state index is 0.245. The zero-order chi connectivity index (χ0) is 14.0. The van der Waals surface area contributed by atoms with Gasteiger partial charge in [-0.1, -0.05) is 0 Å². The fraction of sp³-hybridized carbons (Fsp3) is 0.0909. The molecule has 0 fully saturated rings. The first-order chi connectivity index (χ1) is 8.94. The topological polar surface area (TPSA) is 55.4 Å². The van der Waals surface area contributed by atoms with Crippen LogP contribution < -0.4 is 9.46 Å². The van der Waals surface area contributed by atoms with Crippen LogP contribution in [0.2, 0.25) is 0 Å². The molecule has 0 aliphatic rings. The van der Waals surface area contributed by atoms with Gasteiger partial charge in [0.25, 0.3) is 10.0 Å². The maximum atomic E-state index is 12.2. The summed E-state index contributed by atoms with van der Waals surface area (Å²) in [5.41, 5.74) is 0.445. The number of rotatable bonds is 4. The molecule has 1 N–H and O–H groups in total. The lowest BCUT2D eigenvalue weighted by atomic mass is 10.3. The van der Waals surface area contributed by atoms with E-state index in [2.05, 4.69) is 36.6 Å². The quantitative estimate of drug-likeness (QED) is 0.801. The molecule has 0 radical (unpaired) electrons. The van der Waals surface area contributed by atoms with Gasteiger partial charge in [0.15, 0.2) is 4.21 Å². The number of halogens is 2. The lowest BCUT2D eigenvalue weighted by Crippen LogP contribution is -2.12. The highest BCUT2D eigenvalue weighted by molar-refractivity contribution is 9.10. The average Bonchev–Trinajstić information content (AvgIpc) is 2.78. The SMILES string of the molecule is COc1cc(NS(=O)(=O)c2sccc2Br)ccc1Br. The Hall–Kier alpha value is -0.570. The van der Waals surface area contributed by atoms with Crippen LogP contribution in [0.5, 0.6) is 5.75 Å². The van der Waals surface area contributed by atoms with Crippen LogP contribution in [0, 0.1) is 0 Å². The zero-order valence-corrected chi connectivity index (χ0v) is 14.5. The fourth-order valence-electron chi connectivity index (χ4n) is 1.40. The van der Waals surface area contributed by atoms with Gasteiger partial charge in [0.05, 0.1) is 17.3 Å². The molecule has 2 aromatic rings. The molecule has 102 valence electrons. The van der Waals surface area contributed by atoms with Crippen molar-refractivity contribution in [2.45, 2.75) is 4.21 Å². The fourth-order valence-corrected chi connectivity index (χ4v) is 5.19. The smallest absolute Gasteiger partial charge is 0.272 e. The van der Waals surface area contributed by atoms with Crippen LogP contribution in [0.15, 0.2) is 42.8 Å². The first-order valence-electron chi connectivity index (χ1n) is 5.03. The molecule has 19 heavy (non-hydrogen) atoms. The summed E-state index contributed by atoms with van der Waals surface area (Å²) < 4.78 is 33.6. The van der Waals surface area contributed by atoms with Crippen molar-refractivity contribution in [2.24, 2.45) is 0 Å². The number of methoxy groups -OCH3 is 1. The molecule has 0 spiro atoms. The summed E-state index contributed by atoms with van der Waals surface area (Å²) in [5, 5.41) is 1.71. The van der Waals surface area contributed by atoms with E-state index in [4.69, 9.17) is 4.74 Å². The molecule has 8 heteroatoms. The Morgan fingerprint density at radius 3 is 2.53 bits per heavy atom. The normalized spacial score (nSPS) is 11.3. The highest BCUT2D eigenvalue weighted by atomic mass is 79.9. The molecule has 2 rings (SSSR count). The Morgan fingerprint density at radius 2 is 1.95 bits per heavy atom. The lowest BCUT2D eigenvalue weighted by molar-refractivity contribution is 0.412. The number of anilines is 1. The van der Waals surface area contributed by atoms with E-state index in [1.807, 2.05) is 0 Å². The molecule has 0 saturated carbocycles. The van der Waals surface area contributed by atoms with E-state index in [0.717, 1.165) is 15.8 Å². The number of ether oxygens (including phenoxy) is 1. The molecule has 4 nitrogen and oxygen atoms in total. The predicted octanol–water partition coefficient (Wildman–Crippen LogP) is 4.08. The van der Waals surface area contributed by atoms with Gasteiger partial charge in [0, 0.05) is 10.5 Å². The molecule has 0 unspecified atom stereocenters. The van der Waals surface area contributed by atoms with Crippen molar-refractivity contribution in [3.05, 3.63) is 38.6 Å². The minimum atomic E-state index is -3.59. The van der Waals surface area contributed by atoms with Gasteiger partial charge in [0.1, 0.15) is 5.75 Å². The van der Waals surface area contributed by atoms with E-state index in [-0.39, 0.29) is 4.21 Å². The maximum Gasteiger partial charge on any atom is 0.272 e. The van der Waals surface area contributed by atoms with Crippen LogP contribution >= 0.6 is 43.2 Å². The van der Waals surface area contributed by atoms with Crippen LogP contribution in [0.25, 0.3) is 0 Å². The Morgan fingerprint density at radius 1 is 1.21 bits per heavy atom. The Bertz CT molecular complexity index is 698. The van der Waals surface area contributed by atoms with Gasteiger partial charge in [0.2, 0.25) is 0 Å². The van der Waals surface area contributed by atoms with E-state index in [9.17, 15) is 8.42 Å². The third-order valence-electron chi connectivity index (χ3n) is 2.23. The highest BCUT2D eigenvalue weighted by Gasteiger charge is 2.19. The number of thiophene rings is 1. The molecule has 0 bridgehead atoms. The van der Waals surface area contributed by atoms with Gasteiger partial charge >= 0.3 is 0 Å². The predicted molar refractivity (Wildman–Crippen MR) is 83.5 cm³/mol. The molecule has 1 aromatic heterocycles. The van der Waals surface area contributed by atoms with Crippen molar-refractivity contribution < 1.29 is 13.2 Å². The summed E-state index contributed by atoms with van der Waals surface area (Å²) in [6.07, 6.45) is 0. The molecular weight excluding hydrogens is 418 g/mol. The summed E-state index contributed by atoms with van der Waals surface area (Å²) in [4.78, 5) is 0. The molecule has 0 amide bonds. The summed E-state index contributed by atoms with van der Waals surface area (Å²) >= 11 is 7.68. The van der Waals surface area contributed by atoms with Gasteiger partial charge in [-0.3, -0.25) is 4.72 Å². The zero-order valence-electron chi connectivity index (χ0n) is 9.68. The first-order valence-corrected chi connectivity index (χ1v) is 8.98. The van der Waals surface area contributed by atoms with Crippen LogP contribution in [0.3, 0.4) is 0 Å². The molecule has 0 aliphatic carbocycles. The third-order valence-corrected chi connectivity index (χ3v) is 6.94. The van der Waals surface area contributed by atoms with Gasteiger partial charge < -0.3 is 4.74 Å². The van der Waals surface area contributed by atoms with Crippen molar-refractivity contribution >= 4 is 58.9 Å². The van der Waals surface area contributed by atoms with Gasteiger partial charge in [-0.05, 0) is 55.4 Å².